The van der Waals surface area contributed by atoms with E-state index < -0.39 is 11.6 Å². The molecule has 5 heteroatoms. The van der Waals surface area contributed by atoms with E-state index in [9.17, 15) is 8.78 Å². The lowest BCUT2D eigenvalue weighted by Gasteiger charge is -2.13. The van der Waals surface area contributed by atoms with Crippen LogP contribution < -0.4 is 10.1 Å². The van der Waals surface area contributed by atoms with E-state index >= 15 is 0 Å². The molecule has 0 atom stereocenters. The van der Waals surface area contributed by atoms with Crippen molar-refractivity contribution in [3.05, 3.63) is 64.2 Å². The van der Waals surface area contributed by atoms with Crippen LogP contribution >= 0.6 is 11.6 Å². The van der Waals surface area contributed by atoms with Gasteiger partial charge in [-0.25, -0.2) is 8.78 Å². The molecule has 0 heterocycles. The smallest absolute Gasteiger partial charge is 0.165 e. The van der Waals surface area contributed by atoms with Gasteiger partial charge in [-0.1, -0.05) is 29.8 Å². The van der Waals surface area contributed by atoms with Crippen molar-refractivity contribution < 1.29 is 13.5 Å². The quantitative estimate of drug-likeness (QED) is 0.903. The maximum absolute atomic E-state index is 13.8. The first kappa shape index (κ1) is 14.8. The lowest BCUT2D eigenvalue weighted by Crippen LogP contribution is -2.09. The van der Waals surface area contributed by atoms with Crippen molar-refractivity contribution in [3.8, 4) is 5.75 Å². The minimum atomic E-state index is -0.434. The van der Waals surface area contributed by atoms with E-state index in [4.69, 9.17) is 16.3 Å². The summed E-state index contributed by atoms with van der Waals surface area (Å²) in [5, 5.41) is 3.21. The summed E-state index contributed by atoms with van der Waals surface area (Å²) in [6.07, 6.45) is 0. The average molecular weight is 298 g/mol. The zero-order chi connectivity index (χ0) is 14.5. The molecule has 0 aliphatic heterocycles. The van der Waals surface area contributed by atoms with Gasteiger partial charge >= 0.3 is 0 Å². The van der Waals surface area contributed by atoms with E-state index in [2.05, 4.69) is 5.32 Å². The Morgan fingerprint density at radius 3 is 2.65 bits per heavy atom. The average Bonchev–Trinajstić information content (AvgIpc) is 2.40. The third-order valence-electron chi connectivity index (χ3n) is 2.80. The molecule has 0 amide bonds. The molecule has 2 aromatic rings. The number of nitrogens with one attached hydrogen (secondary N) is 1. The normalized spacial score (nSPS) is 10.6. The second kappa shape index (κ2) is 6.68. The monoisotopic (exact) mass is 297 g/mol. The van der Waals surface area contributed by atoms with Crippen LogP contribution in [0.25, 0.3) is 0 Å². The van der Waals surface area contributed by atoms with Gasteiger partial charge in [-0.15, -0.1) is 0 Å². The summed E-state index contributed by atoms with van der Waals surface area (Å²) in [4.78, 5) is 0. The van der Waals surface area contributed by atoms with E-state index in [1.807, 2.05) is 0 Å². The van der Waals surface area contributed by atoms with Crippen LogP contribution in [0.1, 0.15) is 11.1 Å². The molecule has 20 heavy (non-hydrogen) atoms. The molecule has 0 unspecified atom stereocenters. The summed E-state index contributed by atoms with van der Waals surface area (Å²) in [6.45, 7) is 0.570. The van der Waals surface area contributed by atoms with E-state index in [0.29, 0.717) is 17.7 Å². The van der Waals surface area contributed by atoms with Gasteiger partial charge in [0.2, 0.25) is 0 Å². The third kappa shape index (κ3) is 3.46. The molecule has 2 rings (SSSR count). The largest absolute Gasteiger partial charge is 0.485 e. The molecule has 0 radical (unpaired) electrons. The Morgan fingerprint density at radius 2 is 1.95 bits per heavy atom. The van der Waals surface area contributed by atoms with Gasteiger partial charge < -0.3 is 10.1 Å². The van der Waals surface area contributed by atoms with Gasteiger partial charge in [-0.3, -0.25) is 0 Å². The molecule has 0 saturated heterocycles. The van der Waals surface area contributed by atoms with Crippen LogP contribution in [0.5, 0.6) is 5.75 Å². The topological polar surface area (TPSA) is 21.3 Å². The molecule has 0 saturated carbocycles. The van der Waals surface area contributed by atoms with Gasteiger partial charge in [-0.2, -0.15) is 0 Å². The van der Waals surface area contributed by atoms with Crippen LogP contribution in [0.2, 0.25) is 5.02 Å². The fourth-order valence-electron chi connectivity index (χ4n) is 1.83. The van der Waals surface area contributed by atoms with E-state index in [-0.39, 0.29) is 17.4 Å². The molecular weight excluding hydrogens is 284 g/mol. The minimum Gasteiger partial charge on any atom is -0.485 e. The predicted octanol–water partition coefficient (Wildman–Crippen LogP) is 3.92. The van der Waals surface area contributed by atoms with Crippen molar-refractivity contribution in [3.63, 3.8) is 0 Å². The molecule has 0 fully saturated rings. The number of ether oxygens (including phenoxy) is 1. The minimum absolute atomic E-state index is 0.0801. The summed E-state index contributed by atoms with van der Waals surface area (Å²) in [7, 11) is 1.77. The van der Waals surface area contributed by atoms with Crippen LogP contribution in [0, 0.1) is 11.6 Å². The first-order chi connectivity index (χ1) is 9.61. The predicted molar refractivity (Wildman–Crippen MR) is 74.9 cm³/mol. The Balaban J connectivity index is 2.18. The number of para-hydroxylation sites is 1. The maximum Gasteiger partial charge on any atom is 0.165 e. The highest BCUT2D eigenvalue weighted by atomic mass is 35.5. The van der Waals surface area contributed by atoms with Crippen molar-refractivity contribution in [1.82, 2.24) is 5.32 Å². The van der Waals surface area contributed by atoms with E-state index in [1.54, 1.807) is 19.2 Å². The second-order valence-electron chi connectivity index (χ2n) is 4.28. The molecular formula is C15H14ClF2NO. The summed E-state index contributed by atoms with van der Waals surface area (Å²) in [6, 6.07) is 8.76. The lowest BCUT2D eigenvalue weighted by molar-refractivity contribution is 0.286. The van der Waals surface area contributed by atoms with Crippen molar-refractivity contribution in [2.24, 2.45) is 0 Å². The Morgan fingerprint density at radius 1 is 1.15 bits per heavy atom. The van der Waals surface area contributed by atoms with Gasteiger partial charge in [-0.05, 0) is 25.2 Å². The Kier molecular flexibility index (Phi) is 4.93. The first-order valence-corrected chi connectivity index (χ1v) is 6.48. The van der Waals surface area contributed by atoms with Crippen LogP contribution in [0.4, 0.5) is 8.78 Å². The highest BCUT2D eigenvalue weighted by molar-refractivity contribution is 6.31. The highest BCUT2D eigenvalue weighted by Crippen LogP contribution is 2.25. The van der Waals surface area contributed by atoms with E-state index in [1.165, 1.54) is 24.3 Å². The molecule has 0 spiro atoms. The fraction of sp³-hybridized carbons (Fsp3) is 0.200. The number of hydrogen-bond donors (Lipinski definition) is 1. The van der Waals surface area contributed by atoms with E-state index in [0.717, 1.165) is 0 Å². The zero-order valence-corrected chi connectivity index (χ0v) is 11.7. The van der Waals surface area contributed by atoms with Crippen LogP contribution in [0.3, 0.4) is 0 Å². The fourth-order valence-corrected chi connectivity index (χ4v) is 2.06. The summed E-state index contributed by atoms with van der Waals surface area (Å²) >= 11 is 5.91. The molecule has 106 valence electrons. The van der Waals surface area contributed by atoms with Crippen LogP contribution in [-0.2, 0) is 13.2 Å². The number of hydrogen-bond acceptors (Lipinski definition) is 2. The molecule has 2 aromatic carbocycles. The molecule has 0 aliphatic carbocycles. The number of rotatable bonds is 5. The summed E-state index contributed by atoms with van der Waals surface area (Å²) in [5.74, 6) is -0.668. The second-order valence-corrected chi connectivity index (χ2v) is 4.69. The van der Waals surface area contributed by atoms with Gasteiger partial charge in [0.15, 0.2) is 11.6 Å². The molecule has 0 aromatic heterocycles. The van der Waals surface area contributed by atoms with Gasteiger partial charge in [0, 0.05) is 17.7 Å². The maximum atomic E-state index is 13.8. The number of benzene rings is 2. The standard InChI is InChI=1S/C15H14ClF2NO/c1-19-8-10-3-2-4-14(18)15(10)20-9-11-5-6-12(17)7-13(11)16/h2-7,19H,8-9H2,1H3. The SMILES string of the molecule is CNCc1cccc(F)c1OCc1ccc(F)cc1Cl. The van der Waals surface area contributed by atoms with Gasteiger partial charge in [0.05, 0.1) is 5.02 Å². The Hall–Kier alpha value is -1.65. The Bertz CT molecular complexity index is 604. The Labute approximate surface area is 121 Å². The molecule has 2 nitrogen and oxygen atoms in total. The van der Waals surface area contributed by atoms with Crippen LogP contribution in [0.15, 0.2) is 36.4 Å². The molecule has 1 N–H and O–H groups in total. The third-order valence-corrected chi connectivity index (χ3v) is 3.15. The molecule has 0 aliphatic rings. The van der Waals surface area contributed by atoms with Crippen molar-refractivity contribution in [1.29, 1.82) is 0 Å². The summed E-state index contributed by atoms with van der Waals surface area (Å²) < 4.78 is 32.2. The van der Waals surface area contributed by atoms with Gasteiger partial charge in [0.25, 0.3) is 0 Å². The van der Waals surface area contributed by atoms with Crippen LogP contribution in [-0.4, -0.2) is 7.05 Å². The van der Waals surface area contributed by atoms with Crippen molar-refractivity contribution >= 4 is 11.6 Å². The first-order valence-electron chi connectivity index (χ1n) is 6.10. The summed E-state index contributed by atoms with van der Waals surface area (Å²) in [5.41, 5.74) is 1.32. The molecule has 0 bridgehead atoms. The zero-order valence-electron chi connectivity index (χ0n) is 10.9. The van der Waals surface area contributed by atoms with Gasteiger partial charge in [0.1, 0.15) is 12.4 Å². The number of halogens is 3. The van der Waals surface area contributed by atoms with Crippen molar-refractivity contribution in [2.75, 3.05) is 7.05 Å². The van der Waals surface area contributed by atoms with Crippen molar-refractivity contribution in [2.45, 2.75) is 13.2 Å². The lowest BCUT2D eigenvalue weighted by atomic mass is 10.2. The highest BCUT2D eigenvalue weighted by Gasteiger charge is 2.10.